The molecule has 1 atom stereocenters. The van der Waals surface area contributed by atoms with E-state index in [0.717, 1.165) is 58.1 Å². The molecule has 1 aliphatic carbocycles. The van der Waals surface area contributed by atoms with Gasteiger partial charge in [-0.05, 0) is 43.9 Å². The van der Waals surface area contributed by atoms with Gasteiger partial charge in [0.15, 0.2) is 0 Å². The van der Waals surface area contributed by atoms with E-state index in [-0.39, 0.29) is 11.5 Å². The van der Waals surface area contributed by atoms with E-state index in [1.165, 1.54) is 12.8 Å². The van der Waals surface area contributed by atoms with Crippen molar-refractivity contribution < 1.29 is 14.3 Å². The fourth-order valence-corrected chi connectivity index (χ4v) is 3.25. The van der Waals surface area contributed by atoms with Crippen molar-refractivity contribution in [2.24, 2.45) is 11.8 Å². The van der Waals surface area contributed by atoms with E-state index in [9.17, 15) is 4.79 Å². The fourth-order valence-electron chi connectivity index (χ4n) is 3.25. The highest BCUT2D eigenvalue weighted by atomic mass is 16.5. The first-order valence-electron chi connectivity index (χ1n) is 7.64. The Bertz CT molecular complexity index is 334. The Labute approximate surface area is 115 Å². The molecular weight excluding hydrogens is 242 g/mol. The van der Waals surface area contributed by atoms with Gasteiger partial charge in [0, 0.05) is 26.7 Å². The van der Waals surface area contributed by atoms with Gasteiger partial charge in [0.25, 0.3) is 0 Å². The maximum absolute atomic E-state index is 11.3. The Kier molecular flexibility index (Phi) is 3.81. The van der Waals surface area contributed by atoms with Gasteiger partial charge in [-0.3, -0.25) is 4.79 Å². The molecule has 0 unspecified atom stereocenters. The summed E-state index contributed by atoms with van der Waals surface area (Å²) in [6.45, 7) is 5.93. The first kappa shape index (κ1) is 13.4. The Balaban J connectivity index is 1.37. The minimum Gasteiger partial charge on any atom is -0.381 e. The molecule has 1 amide bonds. The average molecular weight is 267 g/mol. The van der Waals surface area contributed by atoms with Crippen molar-refractivity contribution >= 4 is 5.91 Å². The molecule has 3 fully saturated rings. The number of rotatable bonds is 5. The third-order valence-electron chi connectivity index (χ3n) is 4.72. The van der Waals surface area contributed by atoms with Crippen LogP contribution in [0.25, 0.3) is 0 Å². The molecule has 4 nitrogen and oxygen atoms in total. The van der Waals surface area contributed by atoms with Gasteiger partial charge in [0.1, 0.15) is 5.60 Å². The Hall–Kier alpha value is -0.610. The second-order valence-corrected chi connectivity index (χ2v) is 6.57. The topological polar surface area (TPSA) is 38.8 Å². The first-order chi connectivity index (χ1) is 9.17. The molecule has 2 aliphatic heterocycles. The van der Waals surface area contributed by atoms with Crippen LogP contribution in [0.3, 0.4) is 0 Å². The molecule has 19 heavy (non-hydrogen) atoms. The maximum Gasteiger partial charge on any atom is 0.219 e. The van der Waals surface area contributed by atoms with Crippen LogP contribution in [0.5, 0.6) is 0 Å². The highest BCUT2D eigenvalue weighted by Gasteiger charge is 2.48. The third kappa shape index (κ3) is 3.29. The molecule has 0 aromatic rings. The Morgan fingerprint density at radius 2 is 2.11 bits per heavy atom. The van der Waals surface area contributed by atoms with E-state index in [2.05, 4.69) is 0 Å². The zero-order valence-corrected chi connectivity index (χ0v) is 11.9. The van der Waals surface area contributed by atoms with Gasteiger partial charge in [-0.25, -0.2) is 0 Å². The molecule has 0 N–H and O–H groups in total. The molecule has 1 saturated carbocycles. The van der Waals surface area contributed by atoms with Crippen molar-refractivity contribution in [2.45, 2.75) is 44.6 Å². The van der Waals surface area contributed by atoms with Crippen molar-refractivity contribution in [3.05, 3.63) is 0 Å². The lowest BCUT2D eigenvalue weighted by atomic mass is 9.79. The molecule has 108 valence electrons. The molecule has 0 aromatic heterocycles. The quantitative estimate of drug-likeness (QED) is 0.713. The van der Waals surface area contributed by atoms with E-state index < -0.39 is 0 Å². The number of amides is 1. The van der Waals surface area contributed by atoms with E-state index >= 15 is 0 Å². The summed E-state index contributed by atoms with van der Waals surface area (Å²) in [5.74, 6) is 1.74. The largest absolute Gasteiger partial charge is 0.381 e. The van der Waals surface area contributed by atoms with E-state index in [4.69, 9.17) is 9.47 Å². The summed E-state index contributed by atoms with van der Waals surface area (Å²) in [6, 6.07) is 0. The van der Waals surface area contributed by atoms with Crippen LogP contribution in [0.2, 0.25) is 0 Å². The van der Waals surface area contributed by atoms with Gasteiger partial charge in [-0.1, -0.05) is 0 Å². The van der Waals surface area contributed by atoms with Gasteiger partial charge in [0.2, 0.25) is 5.91 Å². The van der Waals surface area contributed by atoms with Crippen LogP contribution >= 0.6 is 0 Å². The number of hydrogen-bond donors (Lipinski definition) is 0. The SMILES string of the molecule is CC(=O)N1CC2(C[C@@H](CCOCC3CC3)CCO2)C1. The second-order valence-electron chi connectivity index (χ2n) is 6.57. The first-order valence-corrected chi connectivity index (χ1v) is 7.64. The molecule has 0 radical (unpaired) electrons. The Morgan fingerprint density at radius 1 is 1.32 bits per heavy atom. The van der Waals surface area contributed by atoms with Crippen LogP contribution in [0.1, 0.15) is 39.0 Å². The van der Waals surface area contributed by atoms with Crippen LogP contribution < -0.4 is 0 Å². The lowest BCUT2D eigenvalue weighted by molar-refractivity contribution is -0.187. The summed E-state index contributed by atoms with van der Waals surface area (Å²) in [5, 5.41) is 0. The molecule has 1 spiro atoms. The molecule has 4 heteroatoms. The summed E-state index contributed by atoms with van der Waals surface area (Å²) in [7, 11) is 0. The van der Waals surface area contributed by atoms with E-state index in [1.54, 1.807) is 6.92 Å². The zero-order valence-electron chi connectivity index (χ0n) is 11.9. The highest BCUT2D eigenvalue weighted by Crippen LogP contribution is 2.38. The van der Waals surface area contributed by atoms with Crippen LogP contribution in [0.4, 0.5) is 0 Å². The fraction of sp³-hybridized carbons (Fsp3) is 0.933. The summed E-state index contributed by atoms with van der Waals surface area (Å²) in [5.41, 5.74) is -0.0227. The van der Waals surface area contributed by atoms with Crippen molar-refractivity contribution in [3.8, 4) is 0 Å². The average Bonchev–Trinajstić information content (AvgIpc) is 3.16. The minimum atomic E-state index is -0.0227. The van der Waals surface area contributed by atoms with Crippen LogP contribution in [0.15, 0.2) is 0 Å². The van der Waals surface area contributed by atoms with Crippen LogP contribution in [0, 0.1) is 11.8 Å². The second kappa shape index (κ2) is 5.41. The third-order valence-corrected chi connectivity index (χ3v) is 4.72. The minimum absolute atomic E-state index is 0.0227. The zero-order chi connectivity index (χ0) is 13.3. The molecule has 3 aliphatic rings. The van der Waals surface area contributed by atoms with E-state index in [0.29, 0.717) is 5.92 Å². The summed E-state index contributed by atoms with van der Waals surface area (Å²) in [6.07, 6.45) is 6.12. The standard InChI is InChI=1S/C15H25NO3/c1-12(17)16-10-15(11-16)8-13(5-7-19-15)4-6-18-9-14-2-3-14/h13-14H,2-11H2,1H3/t13-/m0/s1. The smallest absolute Gasteiger partial charge is 0.219 e. The van der Waals surface area contributed by atoms with E-state index in [1.807, 2.05) is 4.90 Å². The maximum atomic E-state index is 11.3. The number of ether oxygens (including phenoxy) is 2. The number of likely N-dealkylation sites (tertiary alicyclic amines) is 1. The van der Waals surface area contributed by atoms with Gasteiger partial charge in [-0.15, -0.1) is 0 Å². The Morgan fingerprint density at radius 3 is 2.79 bits per heavy atom. The van der Waals surface area contributed by atoms with Crippen molar-refractivity contribution in [3.63, 3.8) is 0 Å². The van der Waals surface area contributed by atoms with Gasteiger partial charge in [-0.2, -0.15) is 0 Å². The van der Waals surface area contributed by atoms with Crippen LogP contribution in [-0.4, -0.2) is 49.3 Å². The number of hydrogen-bond acceptors (Lipinski definition) is 3. The monoisotopic (exact) mass is 267 g/mol. The molecule has 2 heterocycles. The predicted molar refractivity (Wildman–Crippen MR) is 71.8 cm³/mol. The normalized spacial score (nSPS) is 29.3. The molecule has 3 rings (SSSR count). The summed E-state index contributed by atoms with van der Waals surface area (Å²) >= 11 is 0. The number of carbonyl (C=O) groups is 1. The van der Waals surface area contributed by atoms with Gasteiger partial charge >= 0.3 is 0 Å². The van der Waals surface area contributed by atoms with Crippen molar-refractivity contribution in [1.82, 2.24) is 4.90 Å². The van der Waals surface area contributed by atoms with Gasteiger partial charge in [0.05, 0.1) is 13.1 Å². The predicted octanol–water partition coefficient (Wildman–Crippen LogP) is 1.83. The molecule has 0 aromatic carbocycles. The lowest BCUT2D eigenvalue weighted by Crippen LogP contribution is -2.66. The van der Waals surface area contributed by atoms with Gasteiger partial charge < -0.3 is 14.4 Å². The summed E-state index contributed by atoms with van der Waals surface area (Å²) in [4.78, 5) is 13.1. The highest BCUT2D eigenvalue weighted by molar-refractivity contribution is 5.74. The molecule has 2 saturated heterocycles. The lowest BCUT2D eigenvalue weighted by Gasteiger charge is -2.53. The van der Waals surface area contributed by atoms with Crippen molar-refractivity contribution in [2.75, 3.05) is 32.9 Å². The molecular formula is C15H25NO3. The summed E-state index contributed by atoms with van der Waals surface area (Å²) < 4.78 is 11.7. The number of carbonyl (C=O) groups excluding carboxylic acids is 1. The number of nitrogens with zero attached hydrogens (tertiary/aromatic N) is 1. The van der Waals surface area contributed by atoms with Crippen LogP contribution in [-0.2, 0) is 14.3 Å². The van der Waals surface area contributed by atoms with Crippen molar-refractivity contribution in [1.29, 1.82) is 0 Å². The molecule has 0 bridgehead atoms.